The zero-order valence-corrected chi connectivity index (χ0v) is 19.6. The lowest BCUT2D eigenvalue weighted by molar-refractivity contribution is -0.126. The van der Waals surface area contributed by atoms with Crippen LogP contribution in [0, 0.1) is 12.8 Å². The molecule has 2 saturated heterocycles. The third-order valence-corrected chi connectivity index (χ3v) is 9.29. The summed E-state index contributed by atoms with van der Waals surface area (Å²) in [5, 5.41) is 5.25. The predicted octanol–water partition coefficient (Wildman–Crippen LogP) is 3.41. The number of likely N-dealkylation sites (tertiary alicyclic amines) is 1. The lowest BCUT2D eigenvalue weighted by atomic mass is 9.97. The second kappa shape index (κ2) is 9.81. The number of benzene rings is 1. The number of piperidine rings is 1. The Morgan fingerprint density at radius 1 is 1.10 bits per heavy atom. The Morgan fingerprint density at radius 3 is 2.39 bits per heavy atom. The van der Waals surface area contributed by atoms with Crippen LogP contribution in [0.2, 0.25) is 0 Å². The lowest BCUT2D eigenvalue weighted by Gasteiger charge is -2.32. The molecule has 0 bridgehead atoms. The Bertz CT molecular complexity index is 960. The van der Waals surface area contributed by atoms with Crippen molar-refractivity contribution in [2.45, 2.75) is 43.5 Å². The maximum Gasteiger partial charge on any atom is 0.243 e. The van der Waals surface area contributed by atoms with Gasteiger partial charge in [0.1, 0.15) is 0 Å². The molecule has 2 aromatic rings. The van der Waals surface area contributed by atoms with Crippen molar-refractivity contribution in [2.24, 2.45) is 5.92 Å². The van der Waals surface area contributed by atoms with E-state index in [-0.39, 0.29) is 17.9 Å². The van der Waals surface area contributed by atoms with Gasteiger partial charge >= 0.3 is 0 Å². The molecule has 1 amide bonds. The quantitative estimate of drug-likeness (QED) is 0.686. The van der Waals surface area contributed by atoms with Gasteiger partial charge in [0.15, 0.2) is 0 Å². The zero-order chi connectivity index (χ0) is 21.8. The van der Waals surface area contributed by atoms with E-state index in [1.54, 1.807) is 23.5 Å². The van der Waals surface area contributed by atoms with Gasteiger partial charge in [-0.3, -0.25) is 9.69 Å². The smallest absolute Gasteiger partial charge is 0.243 e. The number of thiophene rings is 1. The molecular weight excluding hydrogens is 430 g/mol. The molecule has 2 aliphatic heterocycles. The van der Waals surface area contributed by atoms with E-state index >= 15 is 0 Å². The molecule has 3 heterocycles. The molecular formula is C23H31N3O3S2. The van der Waals surface area contributed by atoms with Crippen LogP contribution in [-0.2, 0) is 14.8 Å². The molecule has 0 aliphatic carbocycles. The van der Waals surface area contributed by atoms with E-state index < -0.39 is 10.0 Å². The molecule has 1 atom stereocenters. The van der Waals surface area contributed by atoms with Crippen molar-refractivity contribution in [3.63, 3.8) is 0 Å². The topological polar surface area (TPSA) is 69.7 Å². The van der Waals surface area contributed by atoms with E-state index in [0.29, 0.717) is 37.4 Å². The van der Waals surface area contributed by atoms with Crippen LogP contribution in [0.5, 0.6) is 0 Å². The van der Waals surface area contributed by atoms with Crippen molar-refractivity contribution >= 4 is 27.3 Å². The Balaban J connectivity index is 1.32. The van der Waals surface area contributed by atoms with E-state index in [2.05, 4.69) is 27.7 Å². The fraction of sp³-hybridized carbons (Fsp3) is 0.522. The molecule has 0 radical (unpaired) electrons. The Kier molecular flexibility index (Phi) is 7.11. The van der Waals surface area contributed by atoms with Crippen molar-refractivity contribution in [3.05, 3.63) is 52.2 Å². The number of nitrogens with one attached hydrogen (secondary N) is 1. The molecule has 8 heteroatoms. The molecule has 0 saturated carbocycles. The molecule has 1 aromatic carbocycles. The number of nitrogens with zero attached hydrogens (tertiary/aromatic N) is 2. The van der Waals surface area contributed by atoms with Crippen molar-refractivity contribution in [2.75, 3.05) is 32.7 Å². The monoisotopic (exact) mass is 461 g/mol. The molecule has 1 unspecified atom stereocenters. The first-order chi connectivity index (χ1) is 14.9. The van der Waals surface area contributed by atoms with Gasteiger partial charge < -0.3 is 5.32 Å². The van der Waals surface area contributed by atoms with Crippen LogP contribution < -0.4 is 5.32 Å². The average molecular weight is 462 g/mol. The van der Waals surface area contributed by atoms with Gasteiger partial charge in [0.25, 0.3) is 0 Å². The number of rotatable bonds is 7. The fourth-order valence-electron chi connectivity index (χ4n) is 4.50. The fourth-order valence-corrected chi connectivity index (χ4v) is 6.83. The lowest BCUT2D eigenvalue weighted by Crippen LogP contribution is -2.44. The summed E-state index contributed by atoms with van der Waals surface area (Å²) in [6.07, 6.45) is 3.54. The van der Waals surface area contributed by atoms with Gasteiger partial charge in [-0.15, -0.1) is 11.3 Å². The zero-order valence-electron chi connectivity index (χ0n) is 18.0. The number of aryl methyl sites for hydroxylation is 1. The minimum atomic E-state index is -3.50. The number of hydrogen-bond acceptors (Lipinski definition) is 5. The summed E-state index contributed by atoms with van der Waals surface area (Å²) in [7, 11) is -3.50. The Labute approximate surface area is 189 Å². The molecule has 6 nitrogen and oxygen atoms in total. The summed E-state index contributed by atoms with van der Waals surface area (Å²) in [4.78, 5) is 16.9. The summed E-state index contributed by atoms with van der Waals surface area (Å²) < 4.78 is 27.3. The van der Waals surface area contributed by atoms with E-state index in [1.165, 1.54) is 22.0 Å². The van der Waals surface area contributed by atoms with Crippen LogP contribution in [0.25, 0.3) is 0 Å². The number of hydrogen-bond donors (Lipinski definition) is 1. The summed E-state index contributed by atoms with van der Waals surface area (Å²) in [6.45, 7) is 5.47. The summed E-state index contributed by atoms with van der Waals surface area (Å²) in [6, 6.07) is 11.4. The van der Waals surface area contributed by atoms with E-state index in [4.69, 9.17) is 0 Å². The minimum Gasteiger partial charge on any atom is -0.354 e. The number of carbonyl (C=O) groups excluding carboxylic acids is 1. The molecule has 0 spiro atoms. The Hall–Kier alpha value is -1.74. The van der Waals surface area contributed by atoms with E-state index in [9.17, 15) is 13.2 Å². The van der Waals surface area contributed by atoms with Crippen LogP contribution in [0.1, 0.15) is 42.2 Å². The highest BCUT2D eigenvalue weighted by Gasteiger charge is 2.33. The molecule has 168 valence electrons. The third-order valence-electron chi connectivity index (χ3n) is 6.41. The van der Waals surface area contributed by atoms with E-state index in [0.717, 1.165) is 18.7 Å². The van der Waals surface area contributed by atoms with Gasteiger partial charge in [0.05, 0.1) is 10.9 Å². The minimum absolute atomic E-state index is 0.0492. The highest BCUT2D eigenvalue weighted by molar-refractivity contribution is 7.89. The molecule has 4 rings (SSSR count). The van der Waals surface area contributed by atoms with E-state index in [1.807, 2.05) is 19.1 Å². The Morgan fingerprint density at radius 2 is 1.77 bits per heavy atom. The maximum absolute atomic E-state index is 12.9. The van der Waals surface area contributed by atoms with Crippen LogP contribution in [0.4, 0.5) is 0 Å². The van der Waals surface area contributed by atoms with Crippen LogP contribution in [0.15, 0.2) is 46.7 Å². The van der Waals surface area contributed by atoms with Crippen LogP contribution in [0.3, 0.4) is 0 Å². The van der Waals surface area contributed by atoms with Crippen LogP contribution in [-0.4, -0.2) is 56.3 Å². The van der Waals surface area contributed by atoms with Gasteiger partial charge in [-0.1, -0.05) is 23.8 Å². The second-order valence-electron chi connectivity index (χ2n) is 8.51. The third kappa shape index (κ3) is 5.19. The van der Waals surface area contributed by atoms with Crippen molar-refractivity contribution in [1.82, 2.24) is 14.5 Å². The van der Waals surface area contributed by atoms with Gasteiger partial charge in [-0.2, -0.15) is 4.31 Å². The largest absolute Gasteiger partial charge is 0.354 e. The maximum atomic E-state index is 12.9. The first-order valence-corrected chi connectivity index (χ1v) is 13.4. The number of sulfonamides is 1. The first-order valence-electron chi connectivity index (χ1n) is 11.1. The SMILES string of the molecule is Cc1ccc(S(=O)(=O)N2CCC(C(=O)NCC(c3cccs3)N3CCCC3)CC2)cc1. The van der Waals surface area contributed by atoms with Crippen molar-refractivity contribution < 1.29 is 13.2 Å². The van der Waals surface area contributed by atoms with Crippen molar-refractivity contribution in [1.29, 1.82) is 0 Å². The molecule has 2 fully saturated rings. The standard InChI is InChI=1S/C23H31N3O3S2/c1-18-6-8-20(9-7-18)31(28,29)26-14-10-19(11-15-26)23(27)24-17-21(22-5-4-16-30-22)25-12-2-3-13-25/h4-9,16,19,21H,2-3,10-15,17H2,1H3,(H,24,27). The summed E-state index contributed by atoms with van der Waals surface area (Å²) in [5.41, 5.74) is 1.03. The van der Waals surface area contributed by atoms with Gasteiger partial charge in [-0.25, -0.2) is 8.42 Å². The number of carbonyl (C=O) groups is 1. The molecule has 31 heavy (non-hydrogen) atoms. The highest BCUT2D eigenvalue weighted by Crippen LogP contribution is 2.29. The highest BCUT2D eigenvalue weighted by atomic mass is 32.2. The molecule has 1 N–H and O–H groups in total. The first kappa shape index (κ1) is 22.5. The number of amides is 1. The summed E-state index contributed by atoms with van der Waals surface area (Å²) in [5.74, 6) is -0.0832. The summed E-state index contributed by atoms with van der Waals surface area (Å²) >= 11 is 1.74. The van der Waals surface area contributed by atoms with Crippen molar-refractivity contribution in [3.8, 4) is 0 Å². The normalized spacial score (nSPS) is 20.0. The van der Waals surface area contributed by atoms with Gasteiger partial charge in [0.2, 0.25) is 15.9 Å². The second-order valence-corrected chi connectivity index (χ2v) is 11.4. The van der Waals surface area contributed by atoms with Gasteiger partial charge in [0, 0.05) is 30.4 Å². The van der Waals surface area contributed by atoms with Crippen LogP contribution >= 0.6 is 11.3 Å². The molecule has 1 aromatic heterocycles. The van der Waals surface area contributed by atoms with Gasteiger partial charge in [-0.05, 0) is 69.3 Å². The molecule has 2 aliphatic rings. The average Bonchev–Trinajstić information content (AvgIpc) is 3.49. The predicted molar refractivity (Wildman–Crippen MR) is 124 cm³/mol.